The monoisotopic (exact) mass is 332 g/mol. The van der Waals surface area contributed by atoms with Gasteiger partial charge in [-0.05, 0) is 31.9 Å². The van der Waals surface area contributed by atoms with Gasteiger partial charge in [-0.1, -0.05) is 18.2 Å². The molecule has 1 aromatic carbocycles. The van der Waals surface area contributed by atoms with E-state index in [0.29, 0.717) is 6.42 Å². The molecular weight excluding hydrogens is 312 g/mol. The number of nitro groups is 1. The van der Waals surface area contributed by atoms with Crippen molar-refractivity contribution < 1.29 is 14.5 Å². The van der Waals surface area contributed by atoms with Crippen molar-refractivity contribution in [2.24, 2.45) is 0 Å². The van der Waals surface area contributed by atoms with Gasteiger partial charge in [0, 0.05) is 13.1 Å². The molecule has 1 heterocycles. The van der Waals surface area contributed by atoms with Crippen LogP contribution in [0.3, 0.4) is 0 Å². The summed E-state index contributed by atoms with van der Waals surface area (Å²) in [5, 5.41) is 17.4. The zero-order valence-corrected chi connectivity index (χ0v) is 14.1. The quantitative estimate of drug-likeness (QED) is 0.646. The second kappa shape index (κ2) is 7.12. The summed E-state index contributed by atoms with van der Waals surface area (Å²) >= 11 is 0. The molecule has 8 nitrogen and oxygen atoms in total. The van der Waals surface area contributed by atoms with Crippen LogP contribution in [0, 0.1) is 17.0 Å². The summed E-state index contributed by atoms with van der Waals surface area (Å²) in [6, 6.07) is 7.36. The summed E-state index contributed by atoms with van der Waals surface area (Å²) in [4.78, 5) is 24.6. The number of rotatable bonds is 6. The largest absolute Gasteiger partial charge is 0.496 e. The number of carbonyl (C=O) groups is 1. The Hall–Kier alpha value is -2.90. The Morgan fingerprint density at radius 2 is 2.12 bits per heavy atom. The van der Waals surface area contributed by atoms with E-state index in [1.54, 1.807) is 14.2 Å². The van der Waals surface area contributed by atoms with Crippen LogP contribution in [0.25, 0.3) is 0 Å². The number of para-hydroxylation sites is 1. The molecule has 0 aliphatic rings. The van der Waals surface area contributed by atoms with Gasteiger partial charge in [0.2, 0.25) is 5.69 Å². The van der Waals surface area contributed by atoms with Gasteiger partial charge in [-0.3, -0.25) is 20.0 Å². The van der Waals surface area contributed by atoms with Crippen LogP contribution in [-0.2, 0) is 6.42 Å². The number of amides is 1. The maximum absolute atomic E-state index is 12.6. The average molecular weight is 332 g/mol. The van der Waals surface area contributed by atoms with Gasteiger partial charge in [-0.25, -0.2) is 0 Å². The van der Waals surface area contributed by atoms with Crippen LogP contribution >= 0.6 is 0 Å². The summed E-state index contributed by atoms with van der Waals surface area (Å²) in [6.45, 7) is 3.38. The number of methoxy groups -OCH3 is 1. The number of aromatic amines is 1. The van der Waals surface area contributed by atoms with Crippen molar-refractivity contribution in [2.45, 2.75) is 26.3 Å². The number of H-pyrrole nitrogens is 1. The fourth-order valence-corrected chi connectivity index (χ4v) is 2.49. The summed E-state index contributed by atoms with van der Waals surface area (Å²) in [6.07, 6.45) is 0.559. The average Bonchev–Trinajstić information content (AvgIpc) is 2.95. The maximum Gasteiger partial charge on any atom is 0.322 e. The Morgan fingerprint density at radius 3 is 2.75 bits per heavy atom. The molecule has 8 heteroatoms. The number of hydrogen-bond donors (Lipinski definition) is 1. The highest BCUT2D eigenvalue weighted by molar-refractivity contribution is 5.96. The van der Waals surface area contributed by atoms with Gasteiger partial charge >= 0.3 is 5.69 Å². The number of aromatic nitrogens is 2. The van der Waals surface area contributed by atoms with E-state index in [2.05, 4.69) is 10.2 Å². The molecule has 0 saturated heterocycles. The minimum atomic E-state index is -0.592. The molecule has 1 aromatic heterocycles. The number of likely N-dealkylation sites (N-methyl/N-ethyl adjacent to an activating group) is 1. The van der Waals surface area contributed by atoms with Gasteiger partial charge < -0.3 is 9.64 Å². The van der Waals surface area contributed by atoms with E-state index in [9.17, 15) is 14.9 Å². The second-order valence-electron chi connectivity index (χ2n) is 5.58. The standard InChI is InChI=1S/C16H20N4O4/c1-10(9-12-7-5-6-8-13(12)24-4)19(3)16(21)14-15(20(22)23)11(2)17-18-14/h5-8,10H,9H2,1-4H3,(H,17,18). The van der Waals surface area contributed by atoms with Gasteiger partial charge in [0.25, 0.3) is 5.91 Å². The summed E-state index contributed by atoms with van der Waals surface area (Å²) in [5.74, 6) is 0.250. The zero-order valence-electron chi connectivity index (χ0n) is 14.1. The lowest BCUT2D eigenvalue weighted by Gasteiger charge is -2.24. The van der Waals surface area contributed by atoms with Crippen LogP contribution in [-0.4, -0.2) is 46.1 Å². The lowest BCUT2D eigenvalue weighted by atomic mass is 10.0. The molecule has 0 bridgehead atoms. The van der Waals surface area contributed by atoms with E-state index >= 15 is 0 Å². The molecule has 0 radical (unpaired) electrons. The molecule has 24 heavy (non-hydrogen) atoms. The molecule has 0 saturated carbocycles. The molecule has 0 spiro atoms. The first-order valence-corrected chi connectivity index (χ1v) is 7.45. The third kappa shape index (κ3) is 3.37. The molecule has 1 amide bonds. The van der Waals surface area contributed by atoms with Crippen LogP contribution in [0.15, 0.2) is 24.3 Å². The van der Waals surface area contributed by atoms with Crippen LogP contribution in [0.2, 0.25) is 0 Å². The lowest BCUT2D eigenvalue weighted by Crippen LogP contribution is -2.37. The van der Waals surface area contributed by atoms with Crippen molar-refractivity contribution >= 4 is 11.6 Å². The fraction of sp³-hybridized carbons (Fsp3) is 0.375. The van der Waals surface area contributed by atoms with E-state index in [1.165, 1.54) is 11.8 Å². The Bertz CT molecular complexity index is 756. The van der Waals surface area contributed by atoms with Gasteiger partial charge in [0.05, 0.1) is 12.0 Å². The molecule has 1 atom stereocenters. The minimum Gasteiger partial charge on any atom is -0.496 e. The number of aryl methyl sites for hydroxylation is 1. The summed E-state index contributed by atoms with van der Waals surface area (Å²) in [5.41, 5.74) is 0.761. The first-order valence-electron chi connectivity index (χ1n) is 7.45. The molecule has 2 rings (SSSR count). The van der Waals surface area contributed by atoms with E-state index in [1.807, 2.05) is 31.2 Å². The van der Waals surface area contributed by atoms with Crippen molar-refractivity contribution in [3.8, 4) is 5.75 Å². The smallest absolute Gasteiger partial charge is 0.322 e. The van der Waals surface area contributed by atoms with Gasteiger partial charge in [0.15, 0.2) is 0 Å². The maximum atomic E-state index is 12.6. The predicted octanol–water partition coefficient (Wildman–Crippen LogP) is 2.34. The number of nitrogens with one attached hydrogen (secondary N) is 1. The van der Waals surface area contributed by atoms with Gasteiger partial charge in [-0.2, -0.15) is 5.10 Å². The zero-order chi connectivity index (χ0) is 17.9. The molecule has 1 unspecified atom stereocenters. The Labute approximate surface area is 139 Å². The van der Waals surface area contributed by atoms with E-state index in [4.69, 9.17) is 4.74 Å². The van der Waals surface area contributed by atoms with Crippen LogP contribution in [0.5, 0.6) is 5.75 Å². The highest BCUT2D eigenvalue weighted by Gasteiger charge is 2.30. The SMILES string of the molecule is COc1ccccc1CC(C)N(C)C(=O)c1n[nH]c(C)c1[N+](=O)[O-]. The lowest BCUT2D eigenvalue weighted by molar-refractivity contribution is -0.385. The third-order valence-electron chi connectivity index (χ3n) is 3.99. The molecule has 0 fully saturated rings. The first-order chi connectivity index (χ1) is 11.4. The highest BCUT2D eigenvalue weighted by Crippen LogP contribution is 2.24. The number of benzene rings is 1. The van der Waals surface area contributed by atoms with Crippen molar-refractivity contribution in [1.82, 2.24) is 15.1 Å². The Morgan fingerprint density at radius 1 is 1.46 bits per heavy atom. The first kappa shape index (κ1) is 17.5. The van der Waals surface area contributed by atoms with E-state index in [0.717, 1.165) is 11.3 Å². The molecule has 2 aromatic rings. The van der Waals surface area contributed by atoms with Crippen LogP contribution in [0.4, 0.5) is 5.69 Å². The number of nitrogens with zero attached hydrogens (tertiary/aromatic N) is 3. The van der Waals surface area contributed by atoms with Crippen molar-refractivity contribution in [1.29, 1.82) is 0 Å². The van der Waals surface area contributed by atoms with Crippen LogP contribution in [0.1, 0.15) is 28.7 Å². The van der Waals surface area contributed by atoms with E-state index < -0.39 is 10.8 Å². The third-order valence-corrected chi connectivity index (χ3v) is 3.99. The number of hydrogen-bond acceptors (Lipinski definition) is 5. The van der Waals surface area contributed by atoms with Gasteiger partial charge in [-0.15, -0.1) is 0 Å². The number of carbonyl (C=O) groups excluding carboxylic acids is 1. The van der Waals surface area contributed by atoms with Crippen molar-refractivity contribution in [2.75, 3.05) is 14.2 Å². The molecule has 1 N–H and O–H groups in total. The molecule has 0 aliphatic carbocycles. The Kier molecular flexibility index (Phi) is 5.18. The predicted molar refractivity (Wildman–Crippen MR) is 88.2 cm³/mol. The summed E-state index contributed by atoms with van der Waals surface area (Å²) < 4.78 is 5.31. The molecule has 0 aliphatic heterocycles. The fourth-order valence-electron chi connectivity index (χ4n) is 2.49. The second-order valence-corrected chi connectivity index (χ2v) is 5.58. The minimum absolute atomic E-state index is 0.174. The topological polar surface area (TPSA) is 101 Å². The van der Waals surface area contributed by atoms with Crippen LogP contribution < -0.4 is 4.74 Å². The highest BCUT2D eigenvalue weighted by atomic mass is 16.6. The molecule has 128 valence electrons. The Balaban J connectivity index is 2.20. The number of ether oxygens (including phenoxy) is 1. The molecular formula is C16H20N4O4. The summed E-state index contributed by atoms with van der Waals surface area (Å²) in [7, 11) is 3.20. The van der Waals surface area contributed by atoms with Gasteiger partial charge in [0.1, 0.15) is 11.4 Å². The normalized spacial score (nSPS) is 11.8. The van der Waals surface area contributed by atoms with Crippen molar-refractivity contribution in [3.05, 3.63) is 51.3 Å². The van der Waals surface area contributed by atoms with Crippen molar-refractivity contribution in [3.63, 3.8) is 0 Å². The van der Waals surface area contributed by atoms with E-state index in [-0.39, 0.29) is 23.1 Å².